The highest BCUT2D eigenvalue weighted by atomic mass is 16.7. The van der Waals surface area contributed by atoms with E-state index in [-0.39, 0.29) is 26.1 Å². The lowest BCUT2D eigenvalue weighted by Crippen LogP contribution is -2.61. The number of carbonyl (C=O) groups excluding carboxylic acids is 2. The van der Waals surface area contributed by atoms with Crippen LogP contribution >= 0.6 is 0 Å². The molecule has 0 saturated carbocycles. The summed E-state index contributed by atoms with van der Waals surface area (Å²) in [6.07, 6.45) is 14.0. The highest BCUT2D eigenvalue weighted by Gasteiger charge is 2.47. The Balaban J connectivity index is 1.84. The normalized spacial score (nSPS) is 27.4. The molecule has 61 heavy (non-hydrogen) atoms. The van der Waals surface area contributed by atoms with Gasteiger partial charge in [0, 0.05) is 12.8 Å². The van der Waals surface area contributed by atoms with Crippen LogP contribution in [0.25, 0.3) is 0 Å². The zero-order chi connectivity index (χ0) is 44.7. The Morgan fingerprint density at radius 1 is 0.508 bits per heavy atom. The zero-order valence-corrected chi connectivity index (χ0v) is 37.4. The van der Waals surface area contributed by atoms with Crippen LogP contribution in [-0.2, 0) is 38.0 Å². The maximum absolute atomic E-state index is 12.9. The van der Waals surface area contributed by atoms with Crippen molar-refractivity contribution in [3.8, 4) is 0 Å². The first kappa shape index (κ1) is 55.4. The van der Waals surface area contributed by atoms with E-state index in [1.165, 1.54) is 77.0 Å². The van der Waals surface area contributed by atoms with Crippen LogP contribution in [0, 0.1) is 0 Å². The largest absolute Gasteiger partial charge is 0.462 e. The van der Waals surface area contributed by atoms with E-state index >= 15 is 0 Å². The standard InChI is InChI=1S/C46H84O15/c1-3-5-7-9-11-13-15-16-17-19-20-22-24-26-28-37(48)56-31-34(59-38(49)29-27-25-23-21-18-14-12-10-8-6-4-2)32-57-45-44(55)42(53)40(51)36(61-45)33-58-46-43(54)41(52)39(50)35(30-47)60-46/h10,12,34-36,39-47,50-55H,3-9,11,13-33H2,1-2H3/b12-10+/t34-,35-,36-,39+,40+,41?,42?,43?,44?,45-,46-/m1/s1. The molecule has 4 unspecified atom stereocenters. The second-order valence-corrected chi connectivity index (χ2v) is 16.9. The average Bonchev–Trinajstić information content (AvgIpc) is 3.25. The van der Waals surface area contributed by atoms with Gasteiger partial charge >= 0.3 is 11.9 Å². The Morgan fingerprint density at radius 3 is 1.49 bits per heavy atom. The Hall–Kier alpha value is -1.76. The number of esters is 2. The number of allylic oxidation sites excluding steroid dienone is 2. The lowest BCUT2D eigenvalue weighted by Gasteiger charge is -2.42. The van der Waals surface area contributed by atoms with Gasteiger partial charge in [0.25, 0.3) is 0 Å². The van der Waals surface area contributed by atoms with Gasteiger partial charge in [0.15, 0.2) is 18.7 Å². The van der Waals surface area contributed by atoms with Crippen LogP contribution in [-0.4, -0.2) is 142 Å². The summed E-state index contributed by atoms with van der Waals surface area (Å²) in [6, 6.07) is 0. The van der Waals surface area contributed by atoms with Gasteiger partial charge in [-0.25, -0.2) is 0 Å². The van der Waals surface area contributed by atoms with Crippen LogP contribution in [0.1, 0.15) is 174 Å². The van der Waals surface area contributed by atoms with Crippen LogP contribution in [0.2, 0.25) is 0 Å². The molecule has 15 nitrogen and oxygen atoms in total. The predicted molar refractivity (Wildman–Crippen MR) is 229 cm³/mol. The Kier molecular flexibility index (Phi) is 31.4. The summed E-state index contributed by atoms with van der Waals surface area (Å²) in [7, 11) is 0. The molecule has 0 bridgehead atoms. The Morgan fingerprint density at radius 2 is 0.951 bits per heavy atom. The van der Waals surface area contributed by atoms with Crippen LogP contribution in [0.4, 0.5) is 0 Å². The molecule has 358 valence electrons. The summed E-state index contributed by atoms with van der Waals surface area (Å²) >= 11 is 0. The molecule has 15 heteroatoms. The highest BCUT2D eigenvalue weighted by Crippen LogP contribution is 2.26. The molecule has 11 atom stereocenters. The van der Waals surface area contributed by atoms with Gasteiger partial charge < -0.3 is 64.2 Å². The maximum Gasteiger partial charge on any atom is 0.306 e. The number of aliphatic hydroxyl groups excluding tert-OH is 7. The summed E-state index contributed by atoms with van der Waals surface area (Å²) in [5, 5.41) is 71.9. The van der Waals surface area contributed by atoms with E-state index in [4.69, 9.17) is 28.4 Å². The number of rotatable bonds is 36. The number of hydrogen-bond donors (Lipinski definition) is 7. The highest BCUT2D eigenvalue weighted by molar-refractivity contribution is 5.70. The molecule has 0 amide bonds. The fourth-order valence-corrected chi connectivity index (χ4v) is 7.49. The molecule has 0 aromatic carbocycles. The lowest BCUT2D eigenvalue weighted by molar-refractivity contribution is -0.332. The van der Waals surface area contributed by atoms with Crippen molar-refractivity contribution < 1.29 is 73.8 Å². The number of aliphatic hydroxyl groups is 7. The van der Waals surface area contributed by atoms with E-state index in [1.807, 2.05) is 0 Å². The van der Waals surface area contributed by atoms with Crippen LogP contribution in [0.3, 0.4) is 0 Å². The van der Waals surface area contributed by atoms with Gasteiger partial charge in [-0.3, -0.25) is 9.59 Å². The van der Waals surface area contributed by atoms with Gasteiger partial charge in [-0.15, -0.1) is 0 Å². The van der Waals surface area contributed by atoms with E-state index in [1.54, 1.807) is 0 Å². The zero-order valence-electron chi connectivity index (χ0n) is 37.4. The van der Waals surface area contributed by atoms with Crippen molar-refractivity contribution in [1.82, 2.24) is 0 Å². The molecular formula is C46H84O15. The molecule has 7 N–H and O–H groups in total. The SMILES string of the molecule is CCCC/C=C/CCCCCCCC(=O)O[C@H](COC(=O)CCCCCCCCCCCCCCCC)CO[C@@H]1O[C@H](CO[C@@H]2O[C@H](CO)[C@H](O)C(O)C2O)[C@H](O)C(O)C1O. The molecule has 0 aliphatic carbocycles. The quantitative estimate of drug-likeness (QED) is 0.0236. The number of unbranched alkanes of at least 4 members (excludes halogenated alkanes) is 20. The van der Waals surface area contributed by atoms with E-state index < -0.39 is 92.7 Å². The van der Waals surface area contributed by atoms with Gasteiger partial charge in [0.05, 0.1) is 19.8 Å². The molecule has 0 spiro atoms. The minimum atomic E-state index is -1.76. The fourth-order valence-electron chi connectivity index (χ4n) is 7.49. The lowest BCUT2D eigenvalue weighted by atomic mass is 9.98. The summed E-state index contributed by atoms with van der Waals surface area (Å²) in [4.78, 5) is 25.6. The minimum Gasteiger partial charge on any atom is -0.462 e. The van der Waals surface area contributed by atoms with Crippen molar-refractivity contribution >= 4 is 11.9 Å². The minimum absolute atomic E-state index is 0.158. The first-order valence-corrected chi connectivity index (χ1v) is 23.8. The molecular weight excluding hydrogens is 792 g/mol. The molecule has 2 aliphatic heterocycles. The summed E-state index contributed by atoms with van der Waals surface area (Å²) in [5.74, 6) is -0.931. The van der Waals surface area contributed by atoms with Crippen molar-refractivity contribution in [2.45, 2.75) is 242 Å². The fraction of sp³-hybridized carbons (Fsp3) is 0.913. The number of carbonyl (C=O) groups is 2. The van der Waals surface area contributed by atoms with Crippen molar-refractivity contribution in [2.24, 2.45) is 0 Å². The van der Waals surface area contributed by atoms with Crippen molar-refractivity contribution in [1.29, 1.82) is 0 Å². The molecule has 2 heterocycles. The Labute approximate surface area is 365 Å². The first-order valence-electron chi connectivity index (χ1n) is 23.8. The van der Waals surface area contributed by atoms with Crippen molar-refractivity contribution in [3.63, 3.8) is 0 Å². The smallest absolute Gasteiger partial charge is 0.306 e. The van der Waals surface area contributed by atoms with Gasteiger partial charge in [0.2, 0.25) is 0 Å². The first-order chi connectivity index (χ1) is 29.5. The van der Waals surface area contributed by atoms with Crippen LogP contribution < -0.4 is 0 Å². The van der Waals surface area contributed by atoms with E-state index in [9.17, 15) is 45.3 Å². The molecule has 0 aromatic rings. The van der Waals surface area contributed by atoms with Crippen molar-refractivity contribution in [3.05, 3.63) is 12.2 Å². The summed E-state index contributed by atoms with van der Waals surface area (Å²) < 4.78 is 33.5. The molecule has 0 radical (unpaired) electrons. The van der Waals surface area contributed by atoms with Gasteiger partial charge in [-0.1, -0.05) is 142 Å². The van der Waals surface area contributed by atoms with Gasteiger partial charge in [0.1, 0.15) is 55.4 Å². The summed E-state index contributed by atoms with van der Waals surface area (Å²) in [6.45, 7) is 2.54. The molecule has 2 fully saturated rings. The molecule has 0 aromatic heterocycles. The topological polar surface area (TPSA) is 231 Å². The third-order valence-corrected chi connectivity index (χ3v) is 11.5. The average molecular weight is 877 g/mol. The van der Waals surface area contributed by atoms with E-state index in [2.05, 4.69) is 26.0 Å². The third-order valence-electron chi connectivity index (χ3n) is 11.5. The summed E-state index contributed by atoms with van der Waals surface area (Å²) in [5.41, 5.74) is 0. The van der Waals surface area contributed by atoms with Gasteiger partial charge in [-0.2, -0.15) is 0 Å². The maximum atomic E-state index is 12.9. The third kappa shape index (κ3) is 23.7. The van der Waals surface area contributed by atoms with Crippen LogP contribution in [0.5, 0.6) is 0 Å². The van der Waals surface area contributed by atoms with Crippen molar-refractivity contribution in [2.75, 3.05) is 26.4 Å². The predicted octanol–water partition coefficient (Wildman–Crippen LogP) is 5.43. The second kappa shape index (κ2) is 34.6. The van der Waals surface area contributed by atoms with Gasteiger partial charge in [-0.05, 0) is 32.1 Å². The molecule has 2 rings (SSSR count). The Bertz CT molecular complexity index is 1120. The molecule has 2 saturated heterocycles. The number of hydrogen-bond acceptors (Lipinski definition) is 15. The monoisotopic (exact) mass is 877 g/mol. The second-order valence-electron chi connectivity index (χ2n) is 16.9. The van der Waals surface area contributed by atoms with Crippen LogP contribution in [0.15, 0.2) is 12.2 Å². The molecule has 2 aliphatic rings. The van der Waals surface area contributed by atoms with E-state index in [0.717, 1.165) is 57.8 Å². The number of ether oxygens (including phenoxy) is 6. The van der Waals surface area contributed by atoms with E-state index in [0.29, 0.717) is 12.8 Å².